The summed E-state index contributed by atoms with van der Waals surface area (Å²) in [6.45, 7) is 28.7. The van der Waals surface area contributed by atoms with Crippen molar-refractivity contribution in [2.45, 2.75) is 138 Å². The largest absolute Gasteiger partial charge is 0.338 e. The average Bonchev–Trinajstić information content (AvgIpc) is 3.72. The molecule has 4 aromatic rings. The van der Waals surface area contributed by atoms with E-state index in [9.17, 15) is 4.79 Å². The minimum atomic E-state index is -1.07. The zero-order valence-corrected chi connectivity index (χ0v) is 49.2. The third-order valence-corrected chi connectivity index (χ3v) is 29.1. The van der Waals surface area contributed by atoms with Gasteiger partial charge in [0, 0.05) is 35.0 Å². The van der Waals surface area contributed by atoms with Crippen molar-refractivity contribution in [1.82, 2.24) is 10.2 Å². The zero-order chi connectivity index (χ0) is 47.8. The normalized spacial score (nSPS) is 15.4. The first-order valence-electron chi connectivity index (χ1n) is 25.4. The molecule has 9 heteroatoms. The number of carbonyl (C=O) groups excluding carboxylic acids is 1. The molecule has 358 valence electrons. The van der Waals surface area contributed by atoms with Gasteiger partial charge in [-0.3, -0.25) is 0 Å². The van der Waals surface area contributed by atoms with E-state index in [1.165, 1.54) is 106 Å². The first-order valence-corrected chi connectivity index (χ1v) is 39.9. The van der Waals surface area contributed by atoms with Crippen LogP contribution in [0.1, 0.15) is 44.9 Å². The lowest BCUT2D eigenvalue weighted by atomic mass is 9.96. The van der Waals surface area contributed by atoms with Crippen LogP contribution < -0.4 is 26.5 Å². The Labute approximate surface area is 412 Å². The molecule has 1 heterocycles. The second kappa shape index (κ2) is 29.2. The minimum absolute atomic E-state index is 0.116. The van der Waals surface area contributed by atoms with E-state index in [1.54, 1.807) is 0 Å². The molecular weight excluding hydrogens is 903 g/mol. The molecule has 0 aromatic heterocycles. The fraction of sp³-hybridized carbons (Fsp3) is 0.456. The molecule has 0 bridgehead atoms. The fourth-order valence-corrected chi connectivity index (χ4v) is 22.0. The van der Waals surface area contributed by atoms with Crippen LogP contribution in [0.2, 0.25) is 81.6 Å². The minimum Gasteiger partial charge on any atom is -0.338 e. The molecule has 0 spiro atoms. The number of nitrogens with zero attached hydrogens (tertiary/aromatic N) is 1. The van der Waals surface area contributed by atoms with E-state index in [1.807, 2.05) is 0 Å². The van der Waals surface area contributed by atoms with Crippen molar-refractivity contribution in [3.8, 4) is 0 Å². The molecule has 1 fully saturated rings. The number of nitrogens with one attached hydrogen (secondary N) is 1. The number of hydrogen-bond acceptors (Lipinski definition) is 1. The Morgan fingerprint density at radius 1 is 0.636 bits per heavy atom. The van der Waals surface area contributed by atoms with Gasteiger partial charge in [-0.15, -0.1) is 19.7 Å². The van der Waals surface area contributed by atoms with Crippen LogP contribution in [0.4, 0.5) is 4.79 Å². The van der Waals surface area contributed by atoms with Gasteiger partial charge in [0.2, 0.25) is 0 Å². The Balaban J connectivity index is 0.000000312. The molecular formula is C57H88N2OP2Si4. The van der Waals surface area contributed by atoms with Crippen LogP contribution in [-0.4, -0.2) is 76.3 Å². The van der Waals surface area contributed by atoms with Gasteiger partial charge in [-0.25, -0.2) is 4.79 Å². The summed E-state index contributed by atoms with van der Waals surface area (Å²) in [7, 11) is -3.15. The van der Waals surface area contributed by atoms with Gasteiger partial charge < -0.3 is 10.2 Å². The molecule has 0 unspecified atom stereocenters. The standard InChI is InChI=1S/C33H38N2OP2Si.C24H50Si3/c36-33(34-22-13-23-39)35-25-32(38(30-18-9-3-10-19-30)31-20-11-4-12-21-31)24-27(35)26-37(28-14-5-1-6-15-28)29-16-7-2-8-17-29;1-10-18-25(4,5)21-13-15-24(17-23-27(8,9)20-12-3)16-14-22-26(6,7)19-11-2/h1-12,14-21,27,32H,13,22-26H2,39H3,(H,34,36);10-12,24H,1-3,13-23H2,4-9H3/t27-,32-;/m0./s1. The molecule has 1 N–H and O–H groups in total. The Bertz CT molecular complexity index is 1880. The van der Waals surface area contributed by atoms with E-state index >= 15 is 0 Å². The molecule has 1 saturated heterocycles. The maximum absolute atomic E-state index is 13.7. The second-order valence-corrected chi connectivity index (χ2v) is 42.7. The molecule has 2 amide bonds. The number of likely N-dealkylation sites (tertiary alicyclic amines) is 1. The Morgan fingerprint density at radius 2 is 1.05 bits per heavy atom. The van der Waals surface area contributed by atoms with Gasteiger partial charge in [0.1, 0.15) is 0 Å². The van der Waals surface area contributed by atoms with Crippen LogP contribution in [0.3, 0.4) is 0 Å². The summed E-state index contributed by atoms with van der Waals surface area (Å²) < 4.78 is 0. The van der Waals surface area contributed by atoms with Gasteiger partial charge in [0.15, 0.2) is 0 Å². The van der Waals surface area contributed by atoms with Gasteiger partial charge in [-0.1, -0.05) is 235 Å². The number of urea groups is 1. The van der Waals surface area contributed by atoms with E-state index in [0.717, 1.165) is 38.0 Å². The number of amides is 2. The van der Waals surface area contributed by atoms with Crippen molar-refractivity contribution < 1.29 is 4.79 Å². The Hall–Kier alpha value is -2.90. The van der Waals surface area contributed by atoms with Gasteiger partial charge in [0.25, 0.3) is 0 Å². The molecule has 66 heavy (non-hydrogen) atoms. The number of hydrogen-bond donors (Lipinski definition) is 1. The second-order valence-electron chi connectivity index (χ2n) is 21.3. The van der Waals surface area contributed by atoms with Gasteiger partial charge in [-0.05, 0) is 80.1 Å². The Morgan fingerprint density at radius 3 is 1.45 bits per heavy atom. The topological polar surface area (TPSA) is 32.3 Å². The van der Waals surface area contributed by atoms with Crippen LogP contribution >= 0.6 is 15.8 Å². The lowest BCUT2D eigenvalue weighted by molar-refractivity contribution is 0.197. The van der Waals surface area contributed by atoms with Crippen LogP contribution in [0.5, 0.6) is 0 Å². The van der Waals surface area contributed by atoms with Crippen LogP contribution in [0.15, 0.2) is 159 Å². The molecule has 2 atom stereocenters. The molecule has 0 aliphatic carbocycles. The van der Waals surface area contributed by atoms with Crippen molar-refractivity contribution >= 4 is 77.6 Å². The van der Waals surface area contributed by atoms with E-state index in [0.29, 0.717) is 5.66 Å². The van der Waals surface area contributed by atoms with Crippen LogP contribution in [0.25, 0.3) is 0 Å². The summed E-state index contributed by atoms with van der Waals surface area (Å²) in [4.78, 5) is 15.9. The number of allylic oxidation sites excluding steroid dienone is 3. The zero-order valence-electron chi connectivity index (χ0n) is 42.4. The maximum Gasteiger partial charge on any atom is 0.317 e. The first kappa shape index (κ1) is 55.7. The summed E-state index contributed by atoms with van der Waals surface area (Å²) in [5.74, 6) is 0.948. The van der Waals surface area contributed by atoms with Crippen molar-refractivity contribution in [3.63, 3.8) is 0 Å². The quantitative estimate of drug-likeness (QED) is 0.0275. The highest BCUT2D eigenvalue weighted by Crippen LogP contribution is 2.48. The average molecular weight is 992 g/mol. The summed E-state index contributed by atoms with van der Waals surface area (Å²) in [6.07, 6.45) is 16.8. The number of rotatable bonds is 27. The highest BCUT2D eigenvalue weighted by molar-refractivity contribution is 7.74. The molecule has 1 aliphatic rings. The highest BCUT2D eigenvalue weighted by atomic mass is 31.1. The number of carbonyl (C=O) groups is 1. The molecule has 5 rings (SSSR count). The van der Waals surface area contributed by atoms with E-state index in [4.69, 9.17) is 0 Å². The molecule has 0 radical (unpaired) electrons. The summed E-state index contributed by atoms with van der Waals surface area (Å²) in [5.41, 5.74) is 0.419. The molecule has 4 aromatic carbocycles. The van der Waals surface area contributed by atoms with Crippen LogP contribution in [-0.2, 0) is 0 Å². The van der Waals surface area contributed by atoms with Gasteiger partial charge in [-0.2, -0.15) is 0 Å². The molecule has 3 nitrogen and oxygen atoms in total. The Kier molecular flexibility index (Phi) is 24.6. The number of benzene rings is 4. The summed E-state index contributed by atoms with van der Waals surface area (Å²) in [6, 6.07) is 53.6. The smallest absolute Gasteiger partial charge is 0.317 e. The monoisotopic (exact) mass is 991 g/mol. The lowest BCUT2D eigenvalue weighted by Crippen LogP contribution is -2.45. The lowest BCUT2D eigenvalue weighted by Gasteiger charge is -2.29. The van der Waals surface area contributed by atoms with E-state index in [-0.39, 0.29) is 12.1 Å². The first-order chi connectivity index (χ1) is 31.7. The van der Waals surface area contributed by atoms with Gasteiger partial charge in [0.05, 0.1) is 24.2 Å². The fourth-order valence-electron chi connectivity index (χ4n) is 9.75. The molecule has 1 aliphatic heterocycles. The maximum atomic E-state index is 13.7. The highest BCUT2D eigenvalue weighted by Gasteiger charge is 2.41. The van der Waals surface area contributed by atoms with E-state index < -0.39 is 40.1 Å². The predicted octanol–water partition coefficient (Wildman–Crippen LogP) is 13.8. The molecule has 0 saturated carbocycles. The summed E-state index contributed by atoms with van der Waals surface area (Å²) >= 11 is 0. The van der Waals surface area contributed by atoms with Crippen LogP contribution in [0, 0.1) is 5.92 Å². The van der Waals surface area contributed by atoms with Crippen molar-refractivity contribution in [3.05, 3.63) is 159 Å². The van der Waals surface area contributed by atoms with Crippen molar-refractivity contribution in [2.75, 3.05) is 19.3 Å². The third-order valence-electron chi connectivity index (χ3n) is 13.7. The van der Waals surface area contributed by atoms with Gasteiger partial charge >= 0.3 is 6.03 Å². The van der Waals surface area contributed by atoms with Crippen molar-refractivity contribution in [2.24, 2.45) is 5.92 Å². The predicted molar refractivity (Wildman–Crippen MR) is 313 cm³/mol. The van der Waals surface area contributed by atoms with Crippen molar-refractivity contribution in [1.29, 1.82) is 0 Å². The summed E-state index contributed by atoms with van der Waals surface area (Å²) in [5, 5.41) is 8.83. The third kappa shape index (κ3) is 19.6. The van der Waals surface area contributed by atoms with E-state index in [2.05, 4.69) is 209 Å². The SMILES string of the molecule is C=CC[Si](C)(C)CCCC(CCC[Si](C)(C)CC=C)CC[Si](C)(C)CC=C.O=C(NCCC[SiH3])N1C[C@@H](P(c2ccccc2)c2ccccc2)C[C@H]1CP(c1ccccc1)c1ccccc1.